The monoisotopic (exact) mass is 1020 g/mol. The molecule has 2 atom stereocenters. The van der Waals surface area contributed by atoms with Gasteiger partial charge in [0, 0.05) is 86.0 Å². The topological polar surface area (TPSA) is 159 Å². The molecule has 388 valence electrons. The first-order chi connectivity index (χ1) is 37.0. The van der Waals surface area contributed by atoms with Crippen molar-refractivity contribution < 1.29 is 4.79 Å². The Hall–Kier alpha value is -7.77. The Morgan fingerprint density at radius 3 is 1.42 bits per heavy atom. The SMILES string of the molecule is Cc1cccc(-c2nc3n(c2-c2ccnc(-c4nc5c(n4N4CC[C@@H](N(C)C)C4)CN(C(=O)N4Cc6nc(-c7cc(-c8c(-c9cccc(C)n9)nc9n8CCC9)ccn7)n(N7CC[C@@H](N(C)C)C7)c6C4)C5)c2)CCC3)n1. The molecule has 76 heavy (non-hydrogen) atoms. The summed E-state index contributed by atoms with van der Waals surface area (Å²) in [6.45, 7) is 11.0. The summed E-state index contributed by atoms with van der Waals surface area (Å²) in [7, 11) is 8.63. The van der Waals surface area contributed by atoms with Crippen LogP contribution >= 0.6 is 0 Å². The maximum atomic E-state index is 15.0. The number of likely N-dealkylation sites (N-methyl/N-ethyl adjacent to an activating group) is 2. The average molecular weight is 1020 g/mol. The number of amides is 2. The number of hydrogen-bond donors (Lipinski definition) is 0. The Bertz CT molecular complexity index is 3370. The van der Waals surface area contributed by atoms with Crippen molar-refractivity contribution in [2.75, 3.05) is 64.4 Å². The van der Waals surface area contributed by atoms with Gasteiger partial charge in [-0.25, -0.2) is 34.1 Å². The second kappa shape index (κ2) is 18.2. The number of urea groups is 1. The van der Waals surface area contributed by atoms with Gasteiger partial charge in [0.1, 0.15) is 34.4 Å². The molecule has 0 aromatic carbocycles. The van der Waals surface area contributed by atoms with E-state index in [1.54, 1.807) is 0 Å². The van der Waals surface area contributed by atoms with Crippen LogP contribution in [0, 0.1) is 13.8 Å². The minimum absolute atomic E-state index is 0.0172. The summed E-state index contributed by atoms with van der Waals surface area (Å²) in [6, 6.07) is 21.6. The fraction of sp³-hybridized carbons (Fsp3) is 0.421. The minimum atomic E-state index is -0.0172. The normalized spacial score (nSPS) is 18.8. The predicted molar refractivity (Wildman–Crippen MR) is 290 cm³/mol. The molecule has 8 aromatic rings. The van der Waals surface area contributed by atoms with E-state index in [0.717, 1.165) is 192 Å². The molecular formula is C57H64N18O. The van der Waals surface area contributed by atoms with Crippen LogP contribution in [0.15, 0.2) is 73.1 Å². The quantitative estimate of drug-likeness (QED) is 0.145. The molecule has 19 heteroatoms. The van der Waals surface area contributed by atoms with E-state index in [0.29, 0.717) is 38.3 Å². The fourth-order valence-electron chi connectivity index (χ4n) is 12.8. The van der Waals surface area contributed by atoms with Gasteiger partial charge in [0.05, 0.1) is 84.8 Å². The summed E-state index contributed by atoms with van der Waals surface area (Å²) in [5, 5.41) is 4.82. The van der Waals surface area contributed by atoms with E-state index >= 15 is 4.79 Å². The summed E-state index contributed by atoms with van der Waals surface area (Å²) in [5.41, 5.74) is 15.2. The second-order valence-corrected chi connectivity index (χ2v) is 22.1. The van der Waals surface area contributed by atoms with Crippen LogP contribution in [0.4, 0.5) is 4.79 Å². The van der Waals surface area contributed by atoms with Gasteiger partial charge in [-0.05, 0) is 116 Å². The summed E-state index contributed by atoms with van der Waals surface area (Å²) in [5.74, 6) is 3.79. The molecule has 14 rings (SSSR count). The first kappa shape index (κ1) is 46.7. The summed E-state index contributed by atoms with van der Waals surface area (Å²) in [6.07, 6.45) is 9.87. The molecule has 6 aliphatic heterocycles. The van der Waals surface area contributed by atoms with Crippen LogP contribution in [0.1, 0.15) is 71.5 Å². The summed E-state index contributed by atoms with van der Waals surface area (Å²) >= 11 is 0. The largest absolute Gasteiger partial charge is 0.327 e. The van der Waals surface area contributed by atoms with Gasteiger partial charge in [0.2, 0.25) is 0 Å². The van der Waals surface area contributed by atoms with Gasteiger partial charge < -0.3 is 38.8 Å². The zero-order valence-corrected chi connectivity index (χ0v) is 44.4. The van der Waals surface area contributed by atoms with E-state index in [1.165, 1.54) is 0 Å². The number of aromatic nitrogens is 12. The lowest BCUT2D eigenvalue weighted by molar-refractivity contribution is 0.150. The van der Waals surface area contributed by atoms with Crippen LogP contribution in [0.25, 0.3) is 68.3 Å². The zero-order chi connectivity index (χ0) is 51.5. The molecular weight excluding hydrogens is 953 g/mol. The van der Waals surface area contributed by atoms with Gasteiger partial charge in [-0.15, -0.1) is 0 Å². The van der Waals surface area contributed by atoms with Crippen molar-refractivity contribution in [2.45, 2.75) is 104 Å². The van der Waals surface area contributed by atoms with E-state index in [2.05, 4.69) is 115 Å². The lowest BCUT2D eigenvalue weighted by Crippen LogP contribution is -2.41. The van der Waals surface area contributed by atoms with Crippen LogP contribution in [-0.2, 0) is 52.1 Å². The molecule has 19 nitrogen and oxygen atoms in total. The highest BCUT2D eigenvalue weighted by Crippen LogP contribution is 2.40. The number of hydrogen-bond acceptors (Lipinski definition) is 13. The molecule has 0 spiro atoms. The minimum Gasteiger partial charge on any atom is -0.327 e. The van der Waals surface area contributed by atoms with Gasteiger partial charge in [-0.2, -0.15) is 0 Å². The molecule has 2 saturated heterocycles. The van der Waals surface area contributed by atoms with Gasteiger partial charge in [0.15, 0.2) is 11.6 Å². The Kier molecular flexibility index (Phi) is 11.2. The number of imidazole rings is 4. The number of carbonyl (C=O) groups is 1. The molecule has 6 aliphatic rings. The van der Waals surface area contributed by atoms with Crippen LogP contribution in [0.3, 0.4) is 0 Å². The van der Waals surface area contributed by atoms with E-state index in [4.69, 9.17) is 39.9 Å². The first-order valence-electron chi connectivity index (χ1n) is 27.1. The Balaban J connectivity index is 0.777. The third kappa shape index (κ3) is 7.79. The molecule has 0 aliphatic carbocycles. The molecule has 2 fully saturated rings. The molecule has 0 unspecified atom stereocenters. The Morgan fingerprint density at radius 2 is 1.00 bits per heavy atom. The fourth-order valence-corrected chi connectivity index (χ4v) is 12.8. The highest BCUT2D eigenvalue weighted by atomic mass is 16.2. The van der Waals surface area contributed by atoms with E-state index < -0.39 is 0 Å². The second-order valence-electron chi connectivity index (χ2n) is 22.1. The number of pyridine rings is 4. The van der Waals surface area contributed by atoms with E-state index in [-0.39, 0.29) is 6.03 Å². The van der Waals surface area contributed by atoms with Crippen molar-refractivity contribution in [3.63, 3.8) is 0 Å². The number of nitrogens with zero attached hydrogens (tertiary/aromatic N) is 18. The highest BCUT2D eigenvalue weighted by Gasteiger charge is 2.41. The van der Waals surface area contributed by atoms with E-state index in [1.807, 2.05) is 48.2 Å². The predicted octanol–water partition coefficient (Wildman–Crippen LogP) is 6.56. The van der Waals surface area contributed by atoms with Gasteiger partial charge in [-0.1, -0.05) is 12.1 Å². The summed E-state index contributed by atoms with van der Waals surface area (Å²) in [4.78, 5) is 64.6. The molecule has 0 bridgehead atoms. The number of aryl methyl sites for hydroxylation is 4. The molecule has 2 amide bonds. The Labute approximate surface area is 442 Å². The zero-order valence-electron chi connectivity index (χ0n) is 44.4. The van der Waals surface area contributed by atoms with Gasteiger partial charge in [-0.3, -0.25) is 19.9 Å². The highest BCUT2D eigenvalue weighted by molar-refractivity contribution is 5.81. The standard InChI is InChI=1S/C57H64N18O/c1-35-11-7-13-41(60-35)51-53(72-23-9-15-49(72)64-51)37-17-21-58-43(27-37)55-62-45-31-68(33-47(45)74(55)70-25-19-39(29-70)66(3)4)57(76)69-32-46-48(34-69)75(71-26-20-40(30-71)67(5)6)56(63-46)44-28-38(18-22-59-44)54-52(42-14-8-12-36(2)61-42)65-50-16-10-24-73(50)54/h7-8,11-14,17-18,21-22,27-28,39-40H,9-10,15-16,19-20,23-26,29-34H2,1-6H3/t39-,40-/m1/s1. The molecule has 14 heterocycles. The van der Waals surface area contributed by atoms with E-state index in [9.17, 15) is 0 Å². The smallest absolute Gasteiger partial charge is 0.321 e. The first-order valence-corrected chi connectivity index (χ1v) is 27.1. The van der Waals surface area contributed by atoms with Crippen LogP contribution in [0.5, 0.6) is 0 Å². The van der Waals surface area contributed by atoms with Crippen molar-refractivity contribution in [1.29, 1.82) is 0 Å². The van der Waals surface area contributed by atoms with Crippen LogP contribution < -0.4 is 10.0 Å². The van der Waals surface area contributed by atoms with Gasteiger partial charge >= 0.3 is 6.03 Å². The maximum absolute atomic E-state index is 15.0. The third-order valence-corrected chi connectivity index (χ3v) is 16.7. The molecule has 0 N–H and O–H groups in total. The van der Waals surface area contributed by atoms with Crippen molar-refractivity contribution in [3.8, 4) is 68.3 Å². The van der Waals surface area contributed by atoms with Crippen molar-refractivity contribution >= 4 is 6.03 Å². The number of carbonyl (C=O) groups excluding carboxylic acids is 1. The molecule has 0 saturated carbocycles. The third-order valence-electron chi connectivity index (χ3n) is 16.7. The van der Waals surface area contributed by atoms with Crippen LogP contribution in [0.2, 0.25) is 0 Å². The lowest BCUT2D eigenvalue weighted by atomic mass is 10.1. The van der Waals surface area contributed by atoms with Crippen LogP contribution in [-0.4, -0.2) is 150 Å². The molecule has 0 radical (unpaired) electrons. The van der Waals surface area contributed by atoms with Crippen molar-refractivity contribution in [1.82, 2.24) is 78.0 Å². The van der Waals surface area contributed by atoms with Crippen molar-refractivity contribution in [3.05, 3.63) is 119 Å². The number of rotatable bonds is 10. The lowest BCUT2D eigenvalue weighted by Gasteiger charge is -2.28. The Morgan fingerprint density at radius 1 is 0.539 bits per heavy atom. The maximum Gasteiger partial charge on any atom is 0.321 e. The number of fused-ring (bicyclic) bond motifs is 4. The van der Waals surface area contributed by atoms with Gasteiger partial charge in [0.25, 0.3) is 0 Å². The van der Waals surface area contributed by atoms with Crippen molar-refractivity contribution in [2.24, 2.45) is 0 Å². The average Bonchev–Trinajstić information content (AvgIpc) is 4.29. The molecule has 8 aromatic heterocycles. The summed E-state index contributed by atoms with van der Waals surface area (Å²) < 4.78 is 9.30.